The molecule has 0 N–H and O–H groups in total. The molecule has 3 nitrogen and oxygen atoms in total. The Kier molecular flexibility index (Phi) is 4.09. The second kappa shape index (κ2) is 6.07. The number of carbonyl (C=O) groups excluding carboxylic acids is 1. The number of Topliss-reactive ketones (excluding diaryl/α,β-unsaturated/α-hetero) is 1. The van der Waals surface area contributed by atoms with E-state index in [4.69, 9.17) is 0 Å². The number of hydrogen-bond acceptors (Lipinski definition) is 2. The van der Waals surface area contributed by atoms with Gasteiger partial charge in [-0.2, -0.15) is 13.2 Å². The van der Waals surface area contributed by atoms with Gasteiger partial charge in [0.05, 0.1) is 5.56 Å². The van der Waals surface area contributed by atoms with Crippen molar-refractivity contribution in [2.75, 3.05) is 0 Å². The first-order valence-corrected chi connectivity index (χ1v) is 7.13. The highest BCUT2D eigenvalue weighted by Gasteiger charge is 2.29. The largest absolute Gasteiger partial charge is 0.416 e. The number of fused-ring (bicyclic) bond motifs is 1. The van der Waals surface area contributed by atoms with Crippen LogP contribution in [-0.4, -0.2) is 15.2 Å². The third-order valence-electron chi connectivity index (χ3n) is 3.65. The average Bonchev–Trinajstić information content (AvgIpc) is 3.00. The molecule has 0 amide bonds. The first-order chi connectivity index (χ1) is 11.3. The van der Waals surface area contributed by atoms with E-state index in [1.807, 2.05) is 0 Å². The zero-order chi connectivity index (χ0) is 17.3. The van der Waals surface area contributed by atoms with Gasteiger partial charge in [-0.15, -0.1) is 0 Å². The summed E-state index contributed by atoms with van der Waals surface area (Å²) in [6, 6.07) is 7.22. The topological polar surface area (TPSA) is 34.4 Å². The highest BCUT2D eigenvalue weighted by molar-refractivity contribution is 5.83. The molecule has 0 saturated carbocycles. The van der Waals surface area contributed by atoms with Gasteiger partial charge in [0.25, 0.3) is 0 Å². The van der Waals surface area contributed by atoms with Crippen molar-refractivity contribution in [2.45, 2.75) is 19.0 Å². The zero-order valence-corrected chi connectivity index (χ0v) is 12.3. The Bertz CT molecular complexity index is 882. The van der Waals surface area contributed by atoms with Crippen LogP contribution in [0.2, 0.25) is 0 Å². The number of imidazole rings is 1. The zero-order valence-electron chi connectivity index (χ0n) is 12.3. The van der Waals surface area contributed by atoms with Crippen LogP contribution < -0.4 is 0 Å². The number of halogens is 4. The van der Waals surface area contributed by atoms with Crippen molar-refractivity contribution < 1.29 is 22.4 Å². The van der Waals surface area contributed by atoms with Gasteiger partial charge in [-0.3, -0.25) is 4.79 Å². The van der Waals surface area contributed by atoms with E-state index >= 15 is 0 Å². The highest BCUT2D eigenvalue weighted by Crippen LogP contribution is 2.29. The molecule has 0 radical (unpaired) electrons. The van der Waals surface area contributed by atoms with Gasteiger partial charge < -0.3 is 4.40 Å². The molecule has 0 unspecified atom stereocenters. The molecule has 1 aromatic carbocycles. The summed E-state index contributed by atoms with van der Waals surface area (Å²) < 4.78 is 52.6. The van der Waals surface area contributed by atoms with E-state index in [0.29, 0.717) is 11.3 Å². The van der Waals surface area contributed by atoms with Crippen molar-refractivity contribution in [3.63, 3.8) is 0 Å². The molecule has 3 rings (SSSR count). The number of pyridine rings is 1. The first kappa shape index (κ1) is 16.2. The van der Waals surface area contributed by atoms with Gasteiger partial charge in [-0.25, -0.2) is 9.37 Å². The Hall–Kier alpha value is -2.70. The number of nitrogens with zero attached hydrogens (tertiary/aromatic N) is 2. The Labute approximate surface area is 134 Å². The van der Waals surface area contributed by atoms with Crippen LogP contribution in [0.3, 0.4) is 0 Å². The van der Waals surface area contributed by atoms with E-state index in [-0.39, 0.29) is 24.3 Å². The van der Waals surface area contributed by atoms with Crippen LogP contribution in [0.4, 0.5) is 17.6 Å². The van der Waals surface area contributed by atoms with Gasteiger partial charge in [-0.1, -0.05) is 12.1 Å². The van der Waals surface area contributed by atoms with Crippen molar-refractivity contribution in [1.82, 2.24) is 9.38 Å². The van der Waals surface area contributed by atoms with Crippen LogP contribution in [0.15, 0.2) is 48.8 Å². The monoisotopic (exact) mass is 336 g/mol. The van der Waals surface area contributed by atoms with Crippen LogP contribution in [0.25, 0.3) is 5.65 Å². The predicted octanol–water partition coefficient (Wildman–Crippen LogP) is 3.85. The van der Waals surface area contributed by atoms with Crippen molar-refractivity contribution in [3.05, 3.63) is 71.4 Å². The lowest BCUT2D eigenvalue weighted by atomic mass is 10.0. The third kappa shape index (κ3) is 3.29. The molecular formula is C17H12F4N2O. The molecule has 0 bridgehead atoms. The van der Waals surface area contributed by atoms with Gasteiger partial charge in [0.2, 0.25) is 0 Å². The molecule has 0 spiro atoms. The second-order valence-electron chi connectivity index (χ2n) is 5.38. The van der Waals surface area contributed by atoms with Crippen LogP contribution in [-0.2, 0) is 23.8 Å². The summed E-state index contributed by atoms with van der Waals surface area (Å²) in [6.45, 7) is 0. The van der Waals surface area contributed by atoms with Gasteiger partial charge in [0, 0.05) is 30.9 Å². The molecule has 0 fully saturated rings. The van der Waals surface area contributed by atoms with Gasteiger partial charge in [0.1, 0.15) is 5.78 Å². The number of carbonyl (C=O) groups is 1. The minimum atomic E-state index is -4.40. The summed E-state index contributed by atoms with van der Waals surface area (Å²) in [6.07, 6.45) is -1.37. The quantitative estimate of drug-likeness (QED) is 0.678. The summed E-state index contributed by atoms with van der Waals surface area (Å²) in [7, 11) is 0. The summed E-state index contributed by atoms with van der Waals surface area (Å²) in [4.78, 5) is 16.0. The van der Waals surface area contributed by atoms with Crippen molar-refractivity contribution >= 4 is 11.4 Å². The maximum atomic E-state index is 13.6. The minimum Gasteiger partial charge on any atom is -0.301 e. The maximum absolute atomic E-state index is 13.6. The highest BCUT2D eigenvalue weighted by atomic mass is 19.4. The molecule has 2 heterocycles. The molecule has 2 aromatic heterocycles. The molecule has 3 aromatic rings. The fourth-order valence-electron chi connectivity index (χ4n) is 2.48. The summed E-state index contributed by atoms with van der Waals surface area (Å²) in [5.74, 6) is -0.671. The van der Waals surface area contributed by atoms with Crippen LogP contribution in [0.1, 0.15) is 16.8 Å². The maximum Gasteiger partial charge on any atom is 0.416 e. The lowest BCUT2D eigenvalue weighted by Gasteiger charge is -2.08. The van der Waals surface area contributed by atoms with E-state index in [0.717, 1.165) is 12.1 Å². The molecule has 24 heavy (non-hydrogen) atoms. The van der Waals surface area contributed by atoms with Gasteiger partial charge >= 0.3 is 6.18 Å². The Balaban J connectivity index is 1.73. The summed E-state index contributed by atoms with van der Waals surface area (Å²) in [5, 5.41) is 0. The normalized spacial score (nSPS) is 11.8. The molecule has 0 atom stereocenters. The second-order valence-corrected chi connectivity index (χ2v) is 5.38. The summed E-state index contributed by atoms with van der Waals surface area (Å²) in [5.41, 5.74) is 0.449. The smallest absolute Gasteiger partial charge is 0.301 e. The molecule has 0 aliphatic carbocycles. The van der Waals surface area contributed by atoms with E-state index < -0.39 is 17.6 Å². The molecule has 0 saturated heterocycles. The molecule has 0 aliphatic heterocycles. The van der Waals surface area contributed by atoms with Crippen molar-refractivity contribution in [1.29, 1.82) is 0 Å². The van der Waals surface area contributed by atoms with Crippen LogP contribution in [0.5, 0.6) is 0 Å². The molecular weight excluding hydrogens is 324 g/mol. The van der Waals surface area contributed by atoms with Gasteiger partial charge in [0.15, 0.2) is 11.5 Å². The number of benzene rings is 1. The Morgan fingerprint density at radius 3 is 2.42 bits per heavy atom. The SMILES string of the molecule is O=C(Cc1ccc(C(F)(F)F)cc1)Cc1ccc(F)c2nccn12. The van der Waals surface area contributed by atoms with Crippen LogP contribution >= 0.6 is 0 Å². The molecule has 0 aliphatic rings. The third-order valence-corrected chi connectivity index (χ3v) is 3.65. The van der Waals surface area contributed by atoms with Gasteiger partial charge in [-0.05, 0) is 29.8 Å². The molecule has 124 valence electrons. The molecule has 7 heteroatoms. The van der Waals surface area contributed by atoms with E-state index in [1.165, 1.54) is 34.9 Å². The first-order valence-electron chi connectivity index (χ1n) is 7.13. The predicted molar refractivity (Wildman–Crippen MR) is 79.0 cm³/mol. The number of rotatable bonds is 4. The fourth-order valence-corrected chi connectivity index (χ4v) is 2.48. The Morgan fingerprint density at radius 1 is 1.04 bits per heavy atom. The van der Waals surface area contributed by atoms with E-state index in [9.17, 15) is 22.4 Å². The summed E-state index contributed by atoms with van der Waals surface area (Å²) >= 11 is 0. The van der Waals surface area contributed by atoms with Crippen molar-refractivity contribution in [2.24, 2.45) is 0 Å². The minimum absolute atomic E-state index is 0.00566. The Morgan fingerprint density at radius 2 is 1.75 bits per heavy atom. The number of ketones is 1. The van der Waals surface area contributed by atoms with Crippen LogP contribution in [0, 0.1) is 5.82 Å². The number of alkyl halides is 3. The van der Waals surface area contributed by atoms with E-state index in [2.05, 4.69) is 4.98 Å². The lowest BCUT2D eigenvalue weighted by Crippen LogP contribution is -2.10. The fraction of sp³-hybridized carbons (Fsp3) is 0.176. The standard InChI is InChI=1S/C17H12F4N2O/c18-15-6-5-13(23-8-7-22-16(15)23)10-14(24)9-11-1-3-12(4-2-11)17(19,20)21/h1-8H,9-10H2. The van der Waals surface area contributed by atoms with Crippen molar-refractivity contribution in [3.8, 4) is 0 Å². The number of aromatic nitrogens is 2. The average molecular weight is 336 g/mol. The number of hydrogen-bond donors (Lipinski definition) is 0. The van der Waals surface area contributed by atoms with E-state index in [1.54, 1.807) is 6.20 Å². The lowest BCUT2D eigenvalue weighted by molar-refractivity contribution is -0.137.